The lowest BCUT2D eigenvalue weighted by atomic mass is 10.2. The maximum atomic E-state index is 13.8. The van der Waals surface area contributed by atoms with Crippen molar-refractivity contribution in [2.45, 2.75) is 11.8 Å². The monoisotopic (exact) mass is 359 g/mol. The van der Waals surface area contributed by atoms with Crippen molar-refractivity contribution >= 4 is 27.3 Å². The molecule has 5 nitrogen and oxygen atoms in total. The van der Waals surface area contributed by atoms with Gasteiger partial charge in [-0.15, -0.1) is 0 Å². The Kier molecular flexibility index (Phi) is 5.01. The van der Waals surface area contributed by atoms with Crippen LogP contribution in [0.5, 0.6) is 11.5 Å². The van der Waals surface area contributed by atoms with Crippen LogP contribution in [0.2, 0.25) is 5.02 Å². The molecule has 0 fully saturated rings. The van der Waals surface area contributed by atoms with E-state index in [1.807, 2.05) is 0 Å². The van der Waals surface area contributed by atoms with Crippen LogP contribution in [0.15, 0.2) is 35.2 Å². The maximum absolute atomic E-state index is 13.8. The number of sulfonamides is 1. The average Bonchev–Trinajstić information content (AvgIpc) is 2.49. The minimum absolute atomic E-state index is 0.0375. The zero-order valence-corrected chi connectivity index (χ0v) is 14.3. The van der Waals surface area contributed by atoms with Crippen LogP contribution >= 0.6 is 11.6 Å². The van der Waals surface area contributed by atoms with Gasteiger partial charge in [-0.3, -0.25) is 4.72 Å². The SMILES string of the molecule is COc1cc(C)c(S(=O)(=O)Nc2ccc(Cl)cc2F)cc1OC. The van der Waals surface area contributed by atoms with E-state index >= 15 is 0 Å². The van der Waals surface area contributed by atoms with E-state index in [1.165, 1.54) is 38.5 Å². The van der Waals surface area contributed by atoms with Crippen LogP contribution in [-0.4, -0.2) is 22.6 Å². The Morgan fingerprint density at radius 3 is 2.26 bits per heavy atom. The van der Waals surface area contributed by atoms with Gasteiger partial charge in [0.1, 0.15) is 5.82 Å². The number of anilines is 1. The Morgan fingerprint density at radius 2 is 1.70 bits per heavy atom. The summed E-state index contributed by atoms with van der Waals surface area (Å²) in [6, 6.07) is 6.53. The topological polar surface area (TPSA) is 64.6 Å². The molecule has 0 heterocycles. The van der Waals surface area contributed by atoms with E-state index in [4.69, 9.17) is 21.1 Å². The van der Waals surface area contributed by atoms with Gasteiger partial charge in [-0.25, -0.2) is 12.8 Å². The first-order valence-corrected chi connectivity index (χ1v) is 8.35. The summed E-state index contributed by atoms with van der Waals surface area (Å²) in [5, 5.41) is 0.174. The summed E-state index contributed by atoms with van der Waals surface area (Å²) in [6.45, 7) is 1.61. The van der Waals surface area contributed by atoms with Gasteiger partial charge >= 0.3 is 0 Å². The van der Waals surface area contributed by atoms with Crippen molar-refractivity contribution in [3.8, 4) is 11.5 Å². The average molecular weight is 360 g/mol. The van der Waals surface area contributed by atoms with Gasteiger partial charge in [0, 0.05) is 11.1 Å². The number of ether oxygens (including phenoxy) is 2. The molecule has 2 aromatic carbocycles. The summed E-state index contributed by atoms with van der Waals surface area (Å²) >= 11 is 5.66. The van der Waals surface area contributed by atoms with Crippen LogP contribution in [0.1, 0.15) is 5.56 Å². The minimum atomic E-state index is -4.01. The van der Waals surface area contributed by atoms with Crippen LogP contribution in [-0.2, 0) is 10.0 Å². The van der Waals surface area contributed by atoms with Gasteiger partial charge in [-0.05, 0) is 36.8 Å². The van der Waals surface area contributed by atoms with Gasteiger partial charge in [0.2, 0.25) is 0 Å². The zero-order valence-electron chi connectivity index (χ0n) is 12.7. The van der Waals surface area contributed by atoms with E-state index in [0.717, 1.165) is 6.07 Å². The second kappa shape index (κ2) is 6.64. The van der Waals surface area contributed by atoms with Crippen LogP contribution < -0.4 is 14.2 Å². The number of rotatable bonds is 5. The van der Waals surface area contributed by atoms with E-state index in [1.54, 1.807) is 6.92 Å². The van der Waals surface area contributed by atoms with Crippen molar-refractivity contribution < 1.29 is 22.3 Å². The largest absolute Gasteiger partial charge is 0.493 e. The van der Waals surface area contributed by atoms with Gasteiger partial charge in [0.05, 0.1) is 24.8 Å². The highest BCUT2D eigenvalue weighted by Gasteiger charge is 2.21. The lowest BCUT2D eigenvalue weighted by Gasteiger charge is -2.14. The molecule has 0 unspecified atom stereocenters. The number of methoxy groups -OCH3 is 2. The number of halogens is 2. The van der Waals surface area contributed by atoms with Crippen molar-refractivity contribution in [2.75, 3.05) is 18.9 Å². The van der Waals surface area contributed by atoms with Crippen molar-refractivity contribution in [1.29, 1.82) is 0 Å². The van der Waals surface area contributed by atoms with Gasteiger partial charge in [0.15, 0.2) is 11.5 Å². The molecule has 0 aliphatic rings. The minimum Gasteiger partial charge on any atom is -0.493 e. The van der Waals surface area contributed by atoms with Gasteiger partial charge in [0.25, 0.3) is 10.0 Å². The van der Waals surface area contributed by atoms with Crippen molar-refractivity contribution in [2.24, 2.45) is 0 Å². The van der Waals surface area contributed by atoms with Crippen LogP contribution in [0.4, 0.5) is 10.1 Å². The fraction of sp³-hybridized carbons (Fsp3) is 0.200. The molecule has 0 saturated heterocycles. The maximum Gasteiger partial charge on any atom is 0.262 e. The zero-order chi connectivity index (χ0) is 17.2. The Labute approximate surface area is 139 Å². The standard InChI is InChI=1S/C15H15ClFNO4S/c1-9-6-13(21-2)14(22-3)8-15(9)23(19,20)18-12-5-4-10(16)7-11(12)17/h4-8,18H,1-3H3. The van der Waals surface area contributed by atoms with E-state index in [9.17, 15) is 12.8 Å². The third-order valence-corrected chi connectivity index (χ3v) is 4.89. The van der Waals surface area contributed by atoms with Crippen LogP contribution in [0, 0.1) is 12.7 Å². The van der Waals surface area contributed by atoms with E-state index < -0.39 is 15.8 Å². The van der Waals surface area contributed by atoms with E-state index in [0.29, 0.717) is 11.3 Å². The molecule has 124 valence electrons. The summed E-state index contributed by atoms with van der Waals surface area (Å²) in [5.41, 5.74) is 0.244. The number of benzene rings is 2. The fourth-order valence-corrected chi connectivity index (χ4v) is 3.49. The highest BCUT2D eigenvalue weighted by atomic mass is 35.5. The molecule has 2 aromatic rings. The summed E-state index contributed by atoms with van der Waals surface area (Å²) in [4.78, 5) is -0.0375. The molecule has 0 aromatic heterocycles. The molecule has 0 atom stereocenters. The highest BCUT2D eigenvalue weighted by molar-refractivity contribution is 7.92. The Bertz CT molecular complexity index is 840. The number of hydrogen-bond donors (Lipinski definition) is 1. The summed E-state index contributed by atoms with van der Waals surface area (Å²) in [5.74, 6) is -0.101. The predicted molar refractivity (Wildman–Crippen MR) is 86.5 cm³/mol. The lowest BCUT2D eigenvalue weighted by molar-refractivity contribution is 0.353. The fourth-order valence-electron chi connectivity index (χ4n) is 2.02. The van der Waals surface area contributed by atoms with Gasteiger partial charge in [-0.1, -0.05) is 11.6 Å². The number of nitrogens with one attached hydrogen (secondary N) is 1. The molecular weight excluding hydrogens is 345 g/mol. The van der Waals surface area contributed by atoms with Crippen molar-refractivity contribution in [3.63, 3.8) is 0 Å². The second-order valence-corrected chi connectivity index (χ2v) is 6.79. The first kappa shape index (κ1) is 17.4. The highest BCUT2D eigenvalue weighted by Crippen LogP contribution is 2.33. The van der Waals surface area contributed by atoms with Crippen LogP contribution in [0.3, 0.4) is 0 Å². The van der Waals surface area contributed by atoms with E-state index in [-0.39, 0.29) is 21.4 Å². The molecule has 23 heavy (non-hydrogen) atoms. The third-order valence-electron chi connectivity index (χ3n) is 3.15. The summed E-state index contributed by atoms with van der Waals surface area (Å²) in [7, 11) is -1.16. The predicted octanol–water partition coefficient (Wildman–Crippen LogP) is 3.61. The number of hydrogen-bond acceptors (Lipinski definition) is 4. The molecule has 0 spiro atoms. The molecule has 0 aliphatic heterocycles. The second-order valence-electron chi connectivity index (χ2n) is 4.70. The van der Waals surface area contributed by atoms with Gasteiger partial charge < -0.3 is 9.47 Å². The molecule has 0 saturated carbocycles. The lowest BCUT2D eigenvalue weighted by Crippen LogP contribution is -2.15. The smallest absolute Gasteiger partial charge is 0.262 e. The Hall–Kier alpha value is -1.99. The molecule has 2 rings (SSSR count). The Balaban J connectivity index is 2.47. The first-order chi connectivity index (χ1) is 10.8. The van der Waals surface area contributed by atoms with Crippen LogP contribution in [0.25, 0.3) is 0 Å². The quantitative estimate of drug-likeness (QED) is 0.885. The first-order valence-electron chi connectivity index (χ1n) is 6.49. The molecule has 8 heteroatoms. The third kappa shape index (κ3) is 3.68. The molecule has 0 aliphatic carbocycles. The summed E-state index contributed by atoms with van der Waals surface area (Å²) < 4.78 is 51.3. The van der Waals surface area contributed by atoms with Crippen molar-refractivity contribution in [1.82, 2.24) is 0 Å². The van der Waals surface area contributed by atoms with Gasteiger partial charge in [-0.2, -0.15) is 0 Å². The number of aryl methyl sites for hydroxylation is 1. The molecule has 0 amide bonds. The Morgan fingerprint density at radius 1 is 1.09 bits per heavy atom. The normalized spacial score (nSPS) is 11.2. The van der Waals surface area contributed by atoms with E-state index in [2.05, 4.69) is 4.72 Å². The molecule has 1 N–H and O–H groups in total. The summed E-state index contributed by atoms with van der Waals surface area (Å²) in [6.07, 6.45) is 0. The molecule has 0 bridgehead atoms. The molecular formula is C15H15ClFNO4S. The molecule has 0 radical (unpaired) electrons. The van der Waals surface area contributed by atoms with Crippen molar-refractivity contribution in [3.05, 3.63) is 46.7 Å².